The van der Waals surface area contributed by atoms with E-state index in [9.17, 15) is 18.8 Å². The molecule has 134 valence electrons. The van der Waals surface area contributed by atoms with E-state index in [1.54, 1.807) is 11.8 Å². The number of rotatable bonds is 3. The van der Waals surface area contributed by atoms with E-state index in [2.05, 4.69) is 0 Å². The van der Waals surface area contributed by atoms with Crippen LogP contribution < -0.4 is 4.90 Å². The van der Waals surface area contributed by atoms with Crippen molar-refractivity contribution in [3.63, 3.8) is 0 Å². The molecule has 0 aromatic heterocycles. The molecule has 2 aliphatic heterocycles. The average Bonchev–Trinajstić information content (AvgIpc) is 2.79. The highest BCUT2D eigenvalue weighted by atomic mass is 19.1. The van der Waals surface area contributed by atoms with Gasteiger partial charge in [-0.2, -0.15) is 0 Å². The number of anilines is 1. The van der Waals surface area contributed by atoms with Gasteiger partial charge in [-0.15, -0.1) is 0 Å². The second-order valence-electron chi connectivity index (χ2n) is 6.25. The number of hydrogen-bond acceptors (Lipinski definition) is 4. The third-order valence-electron chi connectivity index (χ3n) is 4.44. The third-order valence-corrected chi connectivity index (χ3v) is 4.44. The molecule has 0 unspecified atom stereocenters. The predicted octanol–water partition coefficient (Wildman–Crippen LogP) is 1.23. The van der Waals surface area contributed by atoms with Gasteiger partial charge in [-0.25, -0.2) is 9.18 Å². The fraction of sp³-hybridized carbons (Fsp3) is 0.471. The fourth-order valence-electron chi connectivity index (χ4n) is 3.09. The highest BCUT2D eigenvalue weighted by molar-refractivity contribution is 6.15. The lowest BCUT2D eigenvalue weighted by Gasteiger charge is -2.32. The summed E-state index contributed by atoms with van der Waals surface area (Å²) in [5, 5.41) is 0. The van der Waals surface area contributed by atoms with Crippen molar-refractivity contribution in [3.8, 4) is 0 Å². The predicted molar refractivity (Wildman–Crippen MR) is 87.4 cm³/mol. The molecule has 8 heteroatoms. The minimum absolute atomic E-state index is 0.0719. The Balaban J connectivity index is 1.74. The van der Waals surface area contributed by atoms with E-state index < -0.39 is 23.8 Å². The van der Waals surface area contributed by atoms with Gasteiger partial charge in [-0.05, 0) is 38.1 Å². The van der Waals surface area contributed by atoms with Gasteiger partial charge in [0.15, 0.2) is 0 Å². The van der Waals surface area contributed by atoms with E-state index in [1.165, 1.54) is 29.2 Å². The maximum Gasteiger partial charge on any atom is 0.332 e. The first-order chi connectivity index (χ1) is 11.9. The summed E-state index contributed by atoms with van der Waals surface area (Å²) in [5.41, 5.74) is 0.419. The largest absolute Gasteiger partial charge is 0.375 e. The Labute approximate surface area is 144 Å². The molecule has 4 amide bonds. The van der Waals surface area contributed by atoms with Crippen LogP contribution >= 0.6 is 0 Å². The number of carbonyl (C=O) groups excluding carboxylic acids is 3. The first kappa shape index (κ1) is 17.3. The van der Waals surface area contributed by atoms with Crippen molar-refractivity contribution in [3.05, 3.63) is 30.1 Å². The molecule has 0 N–H and O–H groups in total. The molecule has 7 nitrogen and oxygen atoms in total. The molecular weight excluding hydrogens is 329 g/mol. The van der Waals surface area contributed by atoms with Crippen LogP contribution in [0.3, 0.4) is 0 Å². The fourth-order valence-corrected chi connectivity index (χ4v) is 3.09. The zero-order valence-corrected chi connectivity index (χ0v) is 14.1. The number of benzene rings is 1. The monoisotopic (exact) mass is 349 g/mol. The van der Waals surface area contributed by atoms with Crippen molar-refractivity contribution in [2.45, 2.75) is 26.0 Å². The van der Waals surface area contributed by atoms with Crippen molar-refractivity contribution < 1.29 is 23.5 Å². The van der Waals surface area contributed by atoms with E-state index >= 15 is 0 Å². The average molecular weight is 349 g/mol. The molecule has 0 bridgehead atoms. The topological polar surface area (TPSA) is 70.2 Å². The van der Waals surface area contributed by atoms with Gasteiger partial charge >= 0.3 is 6.03 Å². The van der Waals surface area contributed by atoms with Crippen molar-refractivity contribution in [2.75, 3.05) is 31.1 Å². The Morgan fingerprint density at radius 1 is 1.24 bits per heavy atom. The van der Waals surface area contributed by atoms with Crippen LogP contribution in [0.25, 0.3) is 0 Å². The minimum atomic E-state index is -0.741. The molecule has 0 radical (unpaired) electrons. The van der Waals surface area contributed by atoms with Crippen LogP contribution in [0.4, 0.5) is 14.9 Å². The van der Waals surface area contributed by atoms with Gasteiger partial charge in [0.1, 0.15) is 18.4 Å². The summed E-state index contributed by atoms with van der Waals surface area (Å²) in [5.74, 6) is -1.16. The Morgan fingerprint density at radius 3 is 2.56 bits per heavy atom. The summed E-state index contributed by atoms with van der Waals surface area (Å²) < 4.78 is 18.5. The van der Waals surface area contributed by atoms with E-state index in [-0.39, 0.29) is 18.6 Å². The van der Waals surface area contributed by atoms with E-state index in [0.717, 1.165) is 4.90 Å². The first-order valence-electron chi connectivity index (χ1n) is 8.18. The lowest BCUT2D eigenvalue weighted by atomic mass is 10.2. The Hall–Kier alpha value is -2.48. The lowest BCUT2D eigenvalue weighted by Crippen LogP contribution is -2.49. The highest BCUT2D eigenvalue weighted by Gasteiger charge is 2.44. The molecule has 0 spiro atoms. The number of nitrogens with zero attached hydrogens (tertiary/aromatic N) is 3. The van der Waals surface area contributed by atoms with Crippen LogP contribution in [0.15, 0.2) is 24.3 Å². The van der Waals surface area contributed by atoms with Crippen LogP contribution in [0.1, 0.15) is 13.8 Å². The Kier molecular flexibility index (Phi) is 4.71. The summed E-state index contributed by atoms with van der Waals surface area (Å²) in [4.78, 5) is 41.3. The number of carbonyl (C=O) groups is 3. The van der Waals surface area contributed by atoms with Crippen molar-refractivity contribution >= 4 is 23.5 Å². The standard InChI is InChI=1S/C17H20FN3O4/c1-11-9-19(7-8-25-11)15(22)10-20-16(23)12(2)21(17(20)24)14-5-3-13(18)4-6-14/h3-6,11-12H,7-10H2,1-2H3/t11-,12-/m1/s1. The molecule has 0 aliphatic carbocycles. The number of morpholine rings is 1. The van der Waals surface area contributed by atoms with Crippen molar-refractivity contribution in [1.82, 2.24) is 9.80 Å². The lowest BCUT2D eigenvalue weighted by molar-refractivity contribution is -0.142. The summed E-state index contributed by atoms with van der Waals surface area (Å²) in [7, 11) is 0. The molecule has 3 rings (SSSR count). The number of urea groups is 1. The number of hydrogen-bond donors (Lipinski definition) is 0. The first-order valence-corrected chi connectivity index (χ1v) is 8.18. The molecule has 2 saturated heterocycles. The number of halogens is 1. The number of amides is 4. The van der Waals surface area contributed by atoms with Gasteiger partial charge in [0.25, 0.3) is 5.91 Å². The molecule has 1 aromatic rings. The zero-order chi connectivity index (χ0) is 18.1. The van der Waals surface area contributed by atoms with Gasteiger partial charge in [-0.1, -0.05) is 0 Å². The summed E-state index contributed by atoms with van der Waals surface area (Å²) in [6.07, 6.45) is -0.0719. The molecule has 1 aromatic carbocycles. The van der Waals surface area contributed by atoms with Crippen LogP contribution in [-0.4, -0.2) is 66.0 Å². The minimum Gasteiger partial charge on any atom is -0.375 e. The van der Waals surface area contributed by atoms with Gasteiger partial charge in [0.2, 0.25) is 5.91 Å². The highest BCUT2D eigenvalue weighted by Crippen LogP contribution is 2.26. The molecule has 2 atom stereocenters. The van der Waals surface area contributed by atoms with Gasteiger partial charge in [0, 0.05) is 18.8 Å². The van der Waals surface area contributed by atoms with Crippen LogP contribution in [0.2, 0.25) is 0 Å². The quantitative estimate of drug-likeness (QED) is 0.770. The number of imide groups is 1. The van der Waals surface area contributed by atoms with Crippen molar-refractivity contribution in [1.29, 1.82) is 0 Å². The Morgan fingerprint density at radius 2 is 1.92 bits per heavy atom. The molecule has 0 saturated carbocycles. The SMILES string of the molecule is C[C@@H]1CN(C(=O)CN2C(=O)[C@@H](C)N(c3ccc(F)cc3)C2=O)CCO1. The molecular formula is C17H20FN3O4. The Bertz CT molecular complexity index is 694. The van der Waals surface area contributed by atoms with Gasteiger partial charge < -0.3 is 9.64 Å². The van der Waals surface area contributed by atoms with Gasteiger partial charge in [-0.3, -0.25) is 19.4 Å². The molecule has 2 heterocycles. The summed E-state index contributed by atoms with van der Waals surface area (Å²) in [6.45, 7) is 4.47. The normalized spacial score (nSPS) is 24.2. The molecule has 2 aliphatic rings. The van der Waals surface area contributed by atoms with E-state index in [4.69, 9.17) is 4.74 Å². The smallest absolute Gasteiger partial charge is 0.332 e. The summed E-state index contributed by atoms with van der Waals surface area (Å²) in [6, 6.07) is 4.01. The van der Waals surface area contributed by atoms with E-state index in [1.807, 2.05) is 6.92 Å². The second-order valence-corrected chi connectivity index (χ2v) is 6.25. The maximum atomic E-state index is 13.1. The maximum absolute atomic E-state index is 13.1. The molecule has 25 heavy (non-hydrogen) atoms. The second kappa shape index (κ2) is 6.79. The van der Waals surface area contributed by atoms with Crippen LogP contribution in [0.5, 0.6) is 0 Å². The van der Waals surface area contributed by atoms with Crippen molar-refractivity contribution in [2.24, 2.45) is 0 Å². The summed E-state index contributed by atoms with van der Waals surface area (Å²) >= 11 is 0. The number of ether oxygens (including phenoxy) is 1. The zero-order valence-electron chi connectivity index (χ0n) is 14.1. The van der Waals surface area contributed by atoms with Gasteiger partial charge in [0.05, 0.1) is 12.7 Å². The third kappa shape index (κ3) is 3.34. The van der Waals surface area contributed by atoms with E-state index in [0.29, 0.717) is 25.4 Å². The van der Waals surface area contributed by atoms with Crippen LogP contribution in [-0.2, 0) is 14.3 Å². The molecule has 2 fully saturated rings. The van der Waals surface area contributed by atoms with Crippen LogP contribution in [0, 0.1) is 5.82 Å².